The zero-order valence-electron chi connectivity index (χ0n) is 17.8. The van der Waals surface area contributed by atoms with Gasteiger partial charge in [0.15, 0.2) is 0 Å². The van der Waals surface area contributed by atoms with Crippen LogP contribution in [0.5, 0.6) is 0 Å². The minimum atomic E-state index is -3.96. The molecule has 1 aliphatic rings. The van der Waals surface area contributed by atoms with Crippen molar-refractivity contribution in [1.82, 2.24) is 24.4 Å². The summed E-state index contributed by atoms with van der Waals surface area (Å²) in [6.45, 7) is -1.05. The number of piperidine rings is 1. The van der Waals surface area contributed by atoms with Crippen molar-refractivity contribution in [2.45, 2.75) is 37.8 Å². The molecule has 0 unspecified atom stereocenters. The minimum Gasteiger partial charge on any atom is -0.350 e. The molecule has 1 N–H and O–H groups in total. The van der Waals surface area contributed by atoms with E-state index < -0.39 is 16.6 Å². The van der Waals surface area contributed by atoms with Crippen LogP contribution in [-0.4, -0.2) is 46.5 Å². The molecule has 4 rings (SSSR count). The van der Waals surface area contributed by atoms with Crippen molar-refractivity contribution in [3.8, 4) is 10.6 Å². The molecule has 0 bridgehead atoms. The first-order valence-electron chi connectivity index (χ1n) is 10.4. The molecule has 1 aliphatic heterocycles. The van der Waals surface area contributed by atoms with E-state index in [0.29, 0.717) is 24.1 Å². The van der Waals surface area contributed by atoms with Crippen LogP contribution < -0.4 is 5.32 Å². The van der Waals surface area contributed by atoms with E-state index in [-0.39, 0.29) is 35.5 Å². The lowest BCUT2D eigenvalue weighted by atomic mass is 9.97. The van der Waals surface area contributed by atoms with E-state index in [0.717, 1.165) is 22.5 Å². The highest BCUT2D eigenvalue weighted by molar-refractivity contribution is 7.89. The summed E-state index contributed by atoms with van der Waals surface area (Å²) >= 11 is 1.51. The maximum Gasteiger partial charge on any atom is 0.333 e. The average molecular weight is 496 g/mol. The first-order valence-corrected chi connectivity index (χ1v) is 12.7. The SMILES string of the molecule is Cc1c(S(=O)(=O)N2CCC(C(=O)NCc3csc(-c4ccccc4)n3)CC2)cnn1C(F)F. The Morgan fingerprint density at radius 2 is 1.94 bits per heavy atom. The number of alkyl halides is 2. The normalized spacial score (nSPS) is 15.8. The fraction of sp³-hybridized carbons (Fsp3) is 0.381. The van der Waals surface area contributed by atoms with Gasteiger partial charge in [0.25, 0.3) is 0 Å². The largest absolute Gasteiger partial charge is 0.350 e. The van der Waals surface area contributed by atoms with Gasteiger partial charge in [-0.2, -0.15) is 18.2 Å². The van der Waals surface area contributed by atoms with Crippen molar-refractivity contribution in [1.29, 1.82) is 0 Å². The van der Waals surface area contributed by atoms with Gasteiger partial charge in [0.1, 0.15) is 9.90 Å². The lowest BCUT2D eigenvalue weighted by Crippen LogP contribution is -2.43. The van der Waals surface area contributed by atoms with Gasteiger partial charge in [-0.15, -0.1) is 11.3 Å². The molecule has 0 spiro atoms. The Balaban J connectivity index is 1.32. The smallest absolute Gasteiger partial charge is 0.333 e. The second-order valence-corrected chi connectivity index (χ2v) is 10.5. The molecule has 176 valence electrons. The summed E-state index contributed by atoms with van der Waals surface area (Å²) in [6.07, 6.45) is 1.64. The van der Waals surface area contributed by atoms with Crippen LogP contribution in [0.3, 0.4) is 0 Å². The maximum atomic E-state index is 12.9. The third kappa shape index (κ3) is 4.97. The lowest BCUT2D eigenvalue weighted by Gasteiger charge is -2.30. The number of nitrogens with zero attached hydrogens (tertiary/aromatic N) is 4. The Kier molecular flexibility index (Phi) is 6.86. The monoisotopic (exact) mass is 495 g/mol. The summed E-state index contributed by atoms with van der Waals surface area (Å²) < 4.78 is 53.2. The molecule has 1 aromatic carbocycles. The molecule has 0 atom stereocenters. The van der Waals surface area contributed by atoms with Gasteiger partial charge in [0.2, 0.25) is 15.9 Å². The number of sulfonamides is 1. The number of carbonyl (C=O) groups excluding carboxylic acids is 1. The molecule has 0 radical (unpaired) electrons. The fourth-order valence-corrected chi connectivity index (χ4v) is 6.22. The standard InChI is InChI=1S/C21H23F2N5O3S2/c1-14-18(12-25-28(14)21(22)23)33(30,31)27-9-7-15(8-10-27)19(29)24-11-17-13-32-20(26-17)16-5-3-2-4-6-16/h2-6,12-13,15,21H,7-11H2,1H3,(H,24,29). The summed E-state index contributed by atoms with van der Waals surface area (Å²) in [5, 5.41) is 9.15. The van der Waals surface area contributed by atoms with Crippen LogP contribution in [0.25, 0.3) is 10.6 Å². The molecule has 3 heterocycles. The molecule has 3 aromatic rings. The van der Waals surface area contributed by atoms with Gasteiger partial charge < -0.3 is 5.32 Å². The van der Waals surface area contributed by atoms with Crippen molar-refractivity contribution in [3.05, 3.63) is 53.3 Å². The Morgan fingerprint density at radius 3 is 2.58 bits per heavy atom. The van der Waals surface area contributed by atoms with E-state index in [4.69, 9.17) is 0 Å². The third-order valence-electron chi connectivity index (χ3n) is 5.64. The van der Waals surface area contributed by atoms with Crippen LogP contribution in [0.15, 0.2) is 46.8 Å². The van der Waals surface area contributed by atoms with Gasteiger partial charge in [0.05, 0.1) is 24.1 Å². The van der Waals surface area contributed by atoms with E-state index >= 15 is 0 Å². The number of benzene rings is 1. The number of rotatable bonds is 7. The molecule has 2 aromatic heterocycles. The lowest BCUT2D eigenvalue weighted by molar-refractivity contribution is -0.126. The highest BCUT2D eigenvalue weighted by Gasteiger charge is 2.34. The van der Waals surface area contributed by atoms with Crippen LogP contribution in [0, 0.1) is 12.8 Å². The molecular weight excluding hydrogens is 472 g/mol. The maximum absolute atomic E-state index is 12.9. The van der Waals surface area contributed by atoms with Crippen LogP contribution in [0.1, 0.15) is 30.8 Å². The molecule has 8 nitrogen and oxygen atoms in total. The number of carbonyl (C=O) groups is 1. The van der Waals surface area contributed by atoms with E-state index in [1.807, 2.05) is 35.7 Å². The molecule has 33 heavy (non-hydrogen) atoms. The van der Waals surface area contributed by atoms with Crippen LogP contribution in [-0.2, 0) is 21.4 Å². The minimum absolute atomic E-state index is 0.108. The first-order chi connectivity index (χ1) is 15.8. The Morgan fingerprint density at radius 1 is 1.24 bits per heavy atom. The van der Waals surface area contributed by atoms with Crippen LogP contribution in [0.2, 0.25) is 0 Å². The van der Waals surface area contributed by atoms with E-state index in [2.05, 4.69) is 15.4 Å². The number of hydrogen-bond donors (Lipinski definition) is 1. The first kappa shape index (κ1) is 23.5. The van der Waals surface area contributed by atoms with Gasteiger partial charge in [-0.25, -0.2) is 18.1 Å². The second-order valence-electron chi connectivity index (χ2n) is 7.72. The van der Waals surface area contributed by atoms with Crippen LogP contribution in [0.4, 0.5) is 8.78 Å². The van der Waals surface area contributed by atoms with Crippen molar-refractivity contribution >= 4 is 27.3 Å². The number of nitrogens with one attached hydrogen (secondary N) is 1. The summed E-state index contributed by atoms with van der Waals surface area (Å²) in [5.41, 5.74) is 1.67. The zero-order chi connectivity index (χ0) is 23.6. The van der Waals surface area contributed by atoms with Gasteiger partial charge >= 0.3 is 6.55 Å². The van der Waals surface area contributed by atoms with Gasteiger partial charge in [-0.1, -0.05) is 30.3 Å². The van der Waals surface area contributed by atoms with Crippen molar-refractivity contribution < 1.29 is 22.0 Å². The van der Waals surface area contributed by atoms with Crippen molar-refractivity contribution in [2.75, 3.05) is 13.1 Å². The zero-order valence-corrected chi connectivity index (χ0v) is 19.5. The van der Waals surface area contributed by atoms with Crippen molar-refractivity contribution in [3.63, 3.8) is 0 Å². The van der Waals surface area contributed by atoms with Gasteiger partial charge in [-0.05, 0) is 19.8 Å². The summed E-state index contributed by atoms with van der Waals surface area (Å²) in [6, 6.07) is 9.77. The van der Waals surface area contributed by atoms with E-state index in [9.17, 15) is 22.0 Å². The predicted molar refractivity (Wildman–Crippen MR) is 119 cm³/mol. The molecule has 0 aliphatic carbocycles. The second kappa shape index (κ2) is 9.65. The number of thiazole rings is 1. The fourth-order valence-electron chi connectivity index (χ4n) is 3.78. The van der Waals surface area contributed by atoms with Crippen molar-refractivity contribution in [2.24, 2.45) is 5.92 Å². The molecule has 1 fully saturated rings. The summed E-state index contributed by atoms with van der Waals surface area (Å²) in [5.74, 6) is -0.475. The molecule has 1 amide bonds. The molecular formula is C21H23F2N5O3S2. The molecule has 1 saturated heterocycles. The highest BCUT2D eigenvalue weighted by atomic mass is 32.2. The summed E-state index contributed by atoms with van der Waals surface area (Å²) in [7, 11) is -3.96. The predicted octanol–water partition coefficient (Wildman–Crippen LogP) is 3.43. The van der Waals surface area contributed by atoms with E-state index in [1.54, 1.807) is 0 Å². The highest BCUT2D eigenvalue weighted by Crippen LogP contribution is 2.27. The number of amides is 1. The van der Waals surface area contributed by atoms with E-state index in [1.165, 1.54) is 22.6 Å². The number of aromatic nitrogens is 3. The van der Waals surface area contributed by atoms with Crippen LogP contribution >= 0.6 is 11.3 Å². The van der Waals surface area contributed by atoms with Gasteiger partial charge in [-0.3, -0.25) is 4.79 Å². The Bertz CT molecular complexity index is 1220. The number of hydrogen-bond acceptors (Lipinski definition) is 6. The molecule has 0 saturated carbocycles. The topological polar surface area (TPSA) is 97.2 Å². The quantitative estimate of drug-likeness (QED) is 0.542. The average Bonchev–Trinajstić information content (AvgIpc) is 3.45. The Labute approximate surface area is 194 Å². The molecule has 12 heteroatoms. The summed E-state index contributed by atoms with van der Waals surface area (Å²) in [4.78, 5) is 16.9. The third-order valence-corrected chi connectivity index (χ3v) is 8.59. The Hall–Kier alpha value is -2.70. The van der Waals surface area contributed by atoms with Gasteiger partial charge in [0, 0.05) is 30.0 Å². The number of halogens is 2.